The molecule has 0 amide bonds. The molecule has 1 saturated heterocycles. The van der Waals surface area contributed by atoms with E-state index in [4.69, 9.17) is 0 Å². The molecular weight excluding hydrogens is 276 g/mol. The van der Waals surface area contributed by atoms with Gasteiger partial charge in [0.2, 0.25) is 0 Å². The minimum absolute atomic E-state index is 0.0104. The lowest BCUT2D eigenvalue weighted by Gasteiger charge is -2.34. The molecule has 4 heteroatoms. The van der Waals surface area contributed by atoms with Crippen LogP contribution in [0.1, 0.15) is 18.4 Å². The lowest BCUT2D eigenvalue weighted by atomic mass is 10.1. The fraction of sp³-hybridized carbons (Fsp3) is 0.500. The predicted molar refractivity (Wildman–Crippen MR) is 65.3 cm³/mol. The Morgan fingerprint density at radius 1 is 1.38 bits per heavy atom. The quantitative estimate of drug-likeness (QED) is 0.756. The summed E-state index contributed by atoms with van der Waals surface area (Å²) in [7, 11) is 0. The number of halogens is 3. The molecule has 2 rings (SSSR count). The van der Waals surface area contributed by atoms with E-state index in [1.807, 2.05) is 25.1 Å². The van der Waals surface area contributed by atoms with Crippen molar-refractivity contribution in [1.29, 1.82) is 0 Å². The number of nitrogens with zero attached hydrogens (tertiary/aromatic N) is 1. The summed E-state index contributed by atoms with van der Waals surface area (Å²) in [6, 6.07) is 5.77. The zero-order valence-corrected chi connectivity index (χ0v) is 10.7. The van der Waals surface area contributed by atoms with Crippen molar-refractivity contribution in [3.05, 3.63) is 28.2 Å². The molecule has 1 aliphatic heterocycles. The predicted octanol–water partition coefficient (Wildman–Crippen LogP) is 3.99. The van der Waals surface area contributed by atoms with Gasteiger partial charge in [-0.1, -0.05) is 22.0 Å². The van der Waals surface area contributed by atoms with Gasteiger partial charge in [-0.05, 0) is 31.0 Å². The summed E-state index contributed by atoms with van der Waals surface area (Å²) >= 11 is 3.43. The highest BCUT2D eigenvalue weighted by Gasteiger charge is 2.35. The third kappa shape index (κ3) is 2.54. The van der Waals surface area contributed by atoms with Crippen LogP contribution in [0.25, 0.3) is 0 Å². The van der Waals surface area contributed by atoms with Crippen molar-refractivity contribution in [3.8, 4) is 0 Å². The second-order valence-electron chi connectivity index (χ2n) is 4.31. The number of benzene rings is 1. The summed E-state index contributed by atoms with van der Waals surface area (Å²) in [5.74, 6) is -2.55. The minimum atomic E-state index is -2.55. The number of hydrogen-bond acceptors (Lipinski definition) is 1. The Balaban J connectivity index is 2.20. The molecule has 1 nitrogen and oxygen atoms in total. The van der Waals surface area contributed by atoms with Crippen molar-refractivity contribution >= 4 is 21.6 Å². The summed E-state index contributed by atoms with van der Waals surface area (Å²) in [4.78, 5) is 1.76. The van der Waals surface area contributed by atoms with Crippen molar-refractivity contribution in [2.75, 3.05) is 18.0 Å². The fourth-order valence-corrected chi connectivity index (χ4v) is 2.33. The van der Waals surface area contributed by atoms with Crippen LogP contribution >= 0.6 is 15.9 Å². The molecule has 0 bridgehead atoms. The van der Waals surface area contributed by atoms with Gasteiger partial charge in [-0.2, -0.15) is 0 Å². The van der Waals surface area contributed by atoms with Gasteiger partial charge in [0, 0.05) is 23.1 Å². The molecule has 1 aromatic rings. The van der Waals surface area contributed by atoms with Crippen LogP contribution in [0.4, 0.5) is 14.5 Å². The lowest BCUT2D eigenvalue weighted by molar-refractivity contribution is -0.0116. The van der Waals surface area contributed by atoms with E-state index >= 15 is 0 Å². The number of anilines is 1. The van der Waals surface area contributed by atoms with Crippen molar-refractivity contribution < 1.29 is 8.78 Å². The third-order valence-electron chi connectivity index (χ3n) is 2.91. The average Bonchev–Trinajstić information content (AvgIpc) is 2.20. The maximum atomic E-state index is 13.3. The van der Waals surface area contributed by atoms with Gasteiger partial charge in [-0.25, -0.2) is 8.78 Å². The first-order chi connectivity index (χ1) is 7.48. The second kappa shape index (κ2) is 4.32. The molecule has 0 radical (unpaired) electrons. The van der Waals surface area contributed by atoms with E-state index < -0.39 is 5.92 Å². The highest BCUT2D eigenvalue weighted by molar-refractivity contribution is 9.10. The zero-order valence-electron chi connectivity index (χ0n) is 9.14. The summed E-state index contributed by atoms with van der Waals surface area (Å²) in [5, 5.41) is 0. The largest absolute Gasteiger partial charge is 0.365 e. The van der Waals surface area contributed by atoms with Crippen molar-refractivity contribution in [2.24, 2.45) is 0 Å². The summed E-state index contributed by atoms with van der Waals surface area (Å²) in [5.41, 5.74) is 1.99. The van der Waals surface area contributed by atoms with E-state index in [1.165, 1.54) is 0 Å². The monoisotopic (exact) mass is 289 g/mol. The maximum Gasteiger partial charge on any atom is 0.265 e. The Kier molecular flexibility index (Phi) is 3.19. The SMILES string of the molecule is Cc1ccc(N2CCCC(F)(F)C2)cc1Br. The Hall–Kier alpha value is -0.640. The highest BCUT2D eigenvalue weighted by Crippen LogP contribution is 2.31. The van der Waals surface area contributed by atoms with Crippen molar-refractivity contribution in [1.82, 2.24) is 0 Å². The van der Waals surface area contributed by atoms with E-state index in [0.717, 1.165) is 15.7 Å². The van der Waals surface area contributed by atoms with Crippen LogP contribution in [0.5, 0.6) is 0 Å². The normalized spacial score (nSPS) is 19.9. The molecule has 0 unspecified atom stereocenters. The second-order valence-corrected chi connectivity index (χ2v) is 5.17. The van der Waals surface area contributed by atoms with Gasteiger partial charge >= 0.3 is 0 Å². The van der Waals surface area contributed by atoms with Crippen LogP contribution in [0.15, 0.2) is 22.7 Å². The van der Waals surface area contributed by atoms with Crippen molar-refractivity contribution in [3.63, 3.8) is 0 Å². The van der Waals surface area contributed by atoms with E-state index in [9.17, 15) is 8.78 Å². The molecule has 0 spiro atoms. The Morgan fingerprint density at radius 2 is 2.12 bits per heavy atom. The van der Waals surface area contributed by atoms with Crippen LogP contribution in [-0.2, 0) is 0 Å². The molecule has 0 aromatic heterocycles. The van der Waals surface area contributed by atoms with Gasteiger partial charge in [0.1, 0.15) is 0 Å². The molecule has 1 aromatic carbocycles. The number of aryl methyl sites for hydroxylation is 1. The number of piperidine rings is 1. The standard InChI is InChI=1S/C12H14BrF2N/c1-9-3-4-10(7-11(9)13)16-6-2-5-12(14,15)8-16/h3-4,7H,2,5-6,8H2,1H3. The molecule has 0 saturated carbocycles. The Bertz CT molecular complexity index is 393. The van der Waals surface area contributed by atoms with E-state index in [-0.39, 0.29) is 13.0 Å². The first-order valence-electron chi connectivity index (χ1n) is 5.37. The lowest BCUT2D eigenvalue weighted by Crippen LogP contribution is -2.42. The van der Waals surface area contributed by atoms with Crippen LogP contribution in [0.3, 0.4) is 0 Å². The summed E-state index contributed by atoms with van der Waals surface area (Å²) < 4.78 is 27.5. The van der Waals surface area contributed by atoms with Crippen LogP contribution in [0.2, 0.25) is 0 Å². The molecule has 1 aliphatic rings. The third-order valence-corrected chi connectivity index (χ3v) is 3.77. The summed E-state index contributed by atoms with van der Waals surface area (Å²) in [6.07, 6.45) is 0.565. The fourth-order valence-electron chi connectivity index (χ4n) is 1.96. The van der Waals surface area contributed by atoms with E-state index in [2.05, 4.69) is 15.9 Å². The Labute approximate surface area is 103 Å². The topological polar surface area (TPSA) is 3.24 Å². The number of rotatable bonds is 1. The molecule has 88 valence electrons. The maximum absolute atomic E-state index is 13.3. The van der Waals surface area contributed by atoms with E-state index in [1.54, 1.807) is 4.90 Å². The molecule has 1 fully saturated rings. The smallest absolute Gasteiger partial charge is 0.265 e. The molecular formula is C12H14BrF2N. The molecule has 0 aliphatic carbocycles. The van der Waals surface area contributed by atoms with Gasteiger partial charge in [0.25, 0.3) is 5.92 Å². The molecule has 1 heterocycles. The summed E-state index contributed by atoms with van der Waals surface area (Å²) in [6.45, 7) is 2.53. The van der Waals surface area contributed by atoms with Crippen LogP contribution < -0.4 is 4.90 Å². The molecule has 0 N–H and O–H groups in total. The zero-order chi connectivity index (χ0) is 11.8. The first kappa shape index (κ1) is 11.8. The number of hydrogen-bond donors (Lipinski definition) is 0. The Morgan fingerprint density at radius 3 is 2.75 bits per heavy atom. The first-order valence-corrected chi connectivity index (χ1v) is 6.16. The van der Waals surface area contributed by atoms with E-state index in [0.29, 0.717) is 13.0 Å². The molecule has 16 heavy (non-hydrogen) atoms. The number of alkyl halides is 2. The molecule has 0 atom stereocenters. The van der Waals surface area contributed by atoms with Gasteiger partial charge in [0.05, 0.1) is 6.54 Å². The van der Waals surface area contributed by atoms with Gasteiger partial charge in [-0.15, -0.1) is 0 Å². The van der Waals surface area contributed by atoms with Gasteiger partial charge in [0.15, 0.2) is 0 Å². The van der Waals surface area contributed by atoms with Gasteiger partial charge < -0.3 is 4.90 Å². The van der Waals surface area contributed by atoms with Crippen LogP contribution in [0, 0.1) is 6.92 Å². The van der Waals surface area contributed by atoms with Crippen molar-refractivity contribution in [2.45, 2.75) is 25.7 Å². The van der Waals surface area contributed by atoms with Gasteiger partial charge in [-0.3, -0.25) is 0 Å². The average molecular weight is 290 g/mol. The highest BCUT2D eigenvalue weighted by atomic mass is 79.9. The minimum Gasteiger partial charge on any atom is -0.365 e. The van der Waals surface area contributed by atoms with Crippen LogP contribution in [-0.4, -0.2) is 19.0 Å².